The Balaban J connectivity index is 1.60. The first-order chi connectivity index (χ1) is 15.2. The van der Waals surface area contributed by atoms with E-state index in [4.69, 9.17) is 0 Å². The molecule has 7 nitrogen and oxygen atoms in total. The molecule has 1 atom stereocenters. The van der Waals surface area contributed by atoms with Crippen LogP contribution in [-0.2, 0) is 6.54 Å². The molecule has 2 fully saturated rings. The van der Waals surface area contributed by atoms with Crippen molar-refractivity contribution < 1.29 is 9.90 Å². The molecule has 6 rings (SSSR count). The molecular weight excluding hydrogens is 390 g/mol. The summed E-state index contributed by atoms with van der Waals surface area (Å²) in [6.07, 6.45) is 7.01. The number of likely N-dealkylation sites (tertiary alicyclic amines) is 1. The lowest BCUT2D eigenvalue weighted by Gasteiger charge is -2.30. The fraction of sp³-hybridized carbons (Fsp3) is 0.375. The molecule has 4 aromatic rings. The van der Waals surface area contributed by atoms with Gasteiger partial charge in [0.1, 0.15) is 5.69 Å². The average molecular weight is 415 g/mol. The number of aromatic nitrogens is 4. The number of piperidine rings is 1. The molecule has 4 heterocycles. The van der Waals surface area contributed by atoms with E-state index >= 15 is 0 Å². The lowest BCUT2D eigenvalue weighted by Crippen LogP contribution is -2.42. The summed E-state index contributed by atoms with van der Waals surface area (Å²) in [6, 6.07) is 12.1. The smallest absolute Gasteiger partial charge is 0.271 e. The van der Waals surface area contributed by atoms with E-state index in [1.165, 1.54) is 18.4 Å². The average Bonchev–Trinajstić information content (AvgIpc) is 3.47. The Labute approximate surface area is 179 Å². The molecule has 7 heteroatoms. The topological polar surface area (TPSA) is 76.2 Å². The van der Waals surface area contributed by atoms with Crippen LogP contribution in [0.25, 0.3) is 27.9 Å². The van der Waals surface area contributed by atoms with Crippen LogP contribution >= 0.6 is 0 Å². The fourth-order valence-corrected chi connectivity index (χ4v) is 4.83. The third kappa shape index (κ3) is 3.11. The number of aliphatic hydroxyl groups is 1. The molecule has 1 N–H and O–H groups in total. The van der Waals surface area contributed by atoms with Crippen LogP contribution in [0.4, 0.5) is 0 Å². The quantitative estimate of drug-likeness (QED) is 0.554. The molecule has 1 amide bonds. The third-order valence-corrected chi connectivity index (χ3v) is 6.51. The Morgan fingerprint density at radius 3 is 2.65 bits per heavy atom. The summed E-state index contributed by atoms with van der Waals surface area (Å²) in [5.74, 6) is 1.11. The molecule has 3 aromatic heterocycles. The minimum atomic E-state index is -0.465. The van der Waals surface area contributed by atoms with Gasteiger partial charge in [-0.25, -0.2) is 9.97 Å². The SMILES string of the molecule is O=C(c1cc2c(c3ccccc3n2CC2CC2)n1-c1ncccn1)N1CCCC(O)C1. The van der Waals surface area contributed by atoms with E-state index in [-0.39, 0.29) is 5.91 Å². The highest BCUT2D eigenvalue weighted by Gasteiger charge is 2.30. The van der Waals surface area contributed by atoms with E-state index < -0.39 is 6.10 Å². The summed E-state index contributed by atoms with van der Waals surface area (Å²) in [5, 5.41) is 11.2. The Kier molecular flexibility index (Phi) is 4.31. The number of nitrogens with zero attached hydrogens (tertiary/aromatic N) is 5. The van der Waals surface area contributed by atoms with Crippen LogP contribution in [0.5, 0.6) is 0 Å². The number of β-amino-alcohol motifs (C(OH)–C–C–N with tert-alkyl or cyclic N) is 1. The number of rotatable bonds is 4. The fourth-order valence-electron chi connectivity index (χ4n) is 4.83. The van der Waals surface area contributed by atoms with Crippen molar-refractivity contribution >= 4 is 27.8 Å². The maximum Gasteiger partial charge on any atom is 0.271 e. The second-order valence-electron chi connectivity index (χ2n) is 8.77. The van der Waals surface area contributed by atoms with Crippen molar-refractivity contribution in [1.82, 2.24) is 24.0 Å². The molecule has 1 unspecified atom stereocenters. The summed E-state index contributed by atoms with van der Waals surface area (Å²) < 4.78 is 4.26. The summed E-state index contributed by atoms with van der Waals surface area (Å²) in [6.45, 7) is 1.98. The molecule has 31 heavy (non-hydrogen) atoms. The van der Waals surface area contributed by atoms with Crippen molar-refractivity contribution in [2.45, 2.75) is 38.3 Å². The molecule has 1 saturated heterocycles. The molecule has 0 bridgehead atoms. The largest absolute Gasteiger partial charge is 0.391 e. The van der Waals surface area contributed by atoms with Crippen molar-refractivity contribution in [2.24, 2.45) is 5.92 Å². The van der Waals surface area contributed by atoms with Crippen molar-refractivity contribution in [1.29, 1.82) is 0 Å². The van der Waals surface area contributed by atoms with Crippen LogP contribution in [0.2, 0.25) is 0 Å². The number of carbonyl (C=O) groups is 1. The van der Waals surface area contributed by atoms with E-state index in [1.54, 1.807) is 23.4 Å². The summed E-state index contributed by atoms with van der Waals surface area (Å²) in [5.41, 5.74) is 3.75. The number of carbonyl (C=O) groups excluding carboxylic acids is 1. The molecule has 0 spiro atoms. The standard InChI is InChI=1S/C24H25N5O2/c30-17-5-3-12-27(15-17)23(31)21-13-20-22(29(21)24-25-10-4-11-26-24)18-6-1-2-7-19(18)28(20)14-16-8-9-16/h1-2,4,6-7,10-11,13,16-17,30H,3,5,8-9,12,14-15H2. The van der Waals surface area contributed by atoms with Gasteiger partial charge in [-0.1, -0.05) is 18.2 Å². The predicted molar refractivity (Wildman–Crippen MR) is 118 cm³/mol. The van der Waals surface area contributed by atoms with Gasteiger partial charge in [-0.2, -0.15) is 0 Å². The van der Waals surface area contributed by atoms with Crippen LogP contribution in [0.1, 0.15) is 36.2 Å². The van der Waals surface area contributed by atoms with E-state index in [0.29, 0.717) is 30.6 Å². The first-order valence-electron chi connectivity index (χ1n) is 11.1. The summed E-state index contributed by atoms with van der Waals surface area (Å²) in [4.78, 5) is 24.3. The normalized spacial score (nSPS) is 19.4. The van der Waals surface area contributed by atoms with Gasteiger partial charge in [0.15, 0.2) is 0 Å². The van der Waals surface area contributed by atoms with Gasteiger partial charge in [0.05, 0.1) is 22.7 Å². The second kappa shape index (κ2) is 7.20. The van der Waals surface area contributed by atoms with E-state index in [0.717, 1.165) is 35.8 Å². The molecule has 1 aliphatic heterocycles. The first kappa shape index (κ1) is 18.6. The maximum absolute atomic E-state index is 13.6. The zero-order chi connectivity index (χ0) is 20.9. The van der Waals surface area contributed by atoms with Crippen molar-refractivity contribution in [2.75, 3.05) is 13.1 Å². The number of para-hydroxylation sites is 1. The molecule has 2 aliphatic rings. The van der Waals surface area contributed by atoms with Crippen LogP contribution < -0.4 is 0 Å². The highest BCUT2D eigenvalue weighted by atomic mass is 16.3. The highest BCUT2D eigenvalue weighted by Crippen LogP contribution is 2.38. The zero-order valence-electron chi connectivity index (χ0n) is 17.3. The lowest BCUT2D eigenvalue weighted by molar-refractivity contribution is 0.0467. The maximum atomic E-state index is 13.6. The van der Waals surface area contributed by atoms with Gasteiger partial charge < -0.3 is 14.6 Å². The number of hydrogen-bond donors (Lipinski definition) is 1. The van der Waals surface area contributed by atoms with Gasteiger partial charge in [0.2, 0.25) is 5.95 Å². The van der Waals surface area contributed by atoms with Gasteiger partial charge in [-0.15, -0.1) is 0 Å². The lowest BCUT2D eigenvalue weighted by atomic mass is 10.1. The number of hydrogen-bond acceptors (Lipinski definition) is 4. The van der Waals surface area contributed by atoms with Gasteiger partial charge in [-0.3, -0.25) is 9.36 Å². The Morgan fingerprint density at radius 2 is 1.87 bits per heavy atom. The second-order valence-corrected chi connectivity index (χ2v) is 8.77. The number of benzene rings is 1. The van der Waals surface area contributed by atoms with E-state index in [1.807, 2.05) is 16.7 Å². The Hall–Kier alpha value is -3.19. The number of amides is 1. The zero-order valence-corrected chi connectivity index (χ0v) is 17.3. The van der Waals surface area contributed by atoms with Gasteiger partial charge in [-0.05, 0) is 49.8 Å². The van der Waals surface area contributed by atoms with Crippen molar-refractivity contribution in [3.63, 3.8) is 0 Å². The first-order valence-corrected chi connectivity index (χ1v) is 11.1. The number of fused-ring (bicyclic) bond motifs is 3. The van der Waals surface area contributed by atoms with Crippen molar-refractivity contribution in [3.05, 3.63) is 54.5 Å². The van der Waals surface area contributed by atoms with Gasteiger partial charge >= 0.3 is 0 Å². The van der Waals surface area contributed by atoms with Crippen LogP contribution in [0.15, 0.2) is 48.8 Å². The minimum Gasteiger partial charge on any atom is -0.391 e. The summed E-state index contributed by atoms with van der Waals surface area (Å²) >= 11 is 0. The summed E-state index contributed by atoms with van der Waals surface area (Å²) in [7, 11) is 0. The van der Waals surface area contributed by atoms with Gasteiger partial charge in [0.25, 0.3) is 5.91 Å². The molecule has 158 valence electrons. The molecular formula is C24H25N5O2. The van der Waals surface area contributed by atoms with Crippen LogP contribution in [0, 0.1) is 5.92 Å². The molecule has 0 radical (unpaired) electrons. The monoisotopic (exact) mass is 415 g/mol. The third-order valence-electron chi connectivity index (χ3n) is 6.51. The van der Waals surface area contributed by atoms with E-state index in [9.17, 15) is 9.90 Å². The molecule has 1 aromatic carbocycles. The predicted octanol–water partition coefficient (Wildman–Crippen LogP) is 3.38. The molecule has 1 saturated carbocycles. The Bertz CT molecular complexity index is 1270. The van der Waals surface area contributed by atoms with Crippen LogP contribution in [0.3, 0.4) is 0 Å². The highest BCUT2D eigenvalue weighted by molar-refractivity contribution is 6.11. The van der Waals surface area contributed by atoms with E-state index in [2.05, 4.69) is 32.7 Å². The Morgan fingerprint density at radius 1 is 1.06 bits per heavy atom. The minimum absolute atomic E-state index is 0.0792. The molecule has 1 aliphatic carbocycles. The van der Waals surface area contributed by atoms with Crippen LogP contribution in [-0.4, -0.2) is 54.2 Å². The van der Waals surface area contributed by atoms with Gasteiger partial charge in [0, 0.05) is 37.4 Å². The van der Waals surface area contributed by atoms with Crippen molar-refractivity contribution in [3.8, 4) is 5.95 Å². The number of aliphatic hydroxyl groups excluding tert-OH is 1.